The number of rotatable bonds is 3. The molecule has 92 valence electrons. The van der Waals surface area contributed by atoms with Gasteiger partial charge in [0.05, 0.1) is 0 Å². The molecule has 17 heavy (non-hydrogen) atoms. The molecule has 0 aromatic carbocycles. The summed E-state index contributed by atoms with van der Waals surface area (Å²) in [7, 11) is 0. The summed E-state index contributed by atoms with van der Waals surface area (Å²) in [4.78, 5) is 17.7. The third-order valence-electron chi connectivity index (χ3n) is 3.06. The Bertz CT molecular complexity index is 347. The predicted molar refractivity (Wildman–Crippen MR) is 66.8 cm³/mol. The number of aromatic nitrogens is 1. The first kappa shape index (κ1) is 11.9. The van der Waals surface area contributed by atoms with Crippen molar-refractivity contribution in [2.75, 3.05) is 19.6 Å². The molecule has 2 heterocycles. The zero-order chi connectivity index (χ0) is 11.9. The van der Waals surface area contributed by atoms with Gasteiger partial charge in [0.15, 0.2) is 0 Å². The van der Waals surface area contributed by atoms with Crippen molar-refractivity contribution in [3.8, 4) is 0 Å². The van der Waals surface area contributed by atoms with E-state index in [9.17, 15) is 4.79 Å². The summed E-state index contributed by atoms with van der Waals surface area (Å²) in [6, 6.07) is 4.02. The minimum atomic E-state index is 0.0774. The van der Waals surface area contributed by atoms with Crippen LogP contribution in [0.4, 0.5) is 4.79 Å². The quantitative estimate of drug-likeness (QED) is 0.865. The molecule has 2 rings (SSSR count). The van der Waals surface area contributed by atoms with E-state index >= 15 is 0 Å². The summed E-state index contributed by atoms with van der Waals surface area (Å²) in [6.45, 7) is 2.48. The van der Waals surface area contributed by atoms with Gasteiger partial charge in [-0.3, -0.25) is 4.98 Å². The van der Waals surface area contributed by atoms with Gasteiger partial charge >= 0.3 is 6.03 Å². The Morgan fingerprint density at radius 1 is 1.35 bits per heavy atom. The van der Waals surface area contributed by atoms with E-state index < -0.39 is 0 Å². The molecule has 1 aromatic heterocycles. The van der Waals surface area contributed by atoms with Crippen molar-refractivity contribution in [1.82, 2.24) is 15.2 Å². The lowest BCUT2D eigenvalue weighted by molar-refractivity contribution is 0.186. The van der Waals surface area contributed by atoms with Crippen LogP contribution in [0.3, 0.4) is 0 Å². The predicted octanol–water partition coefficient (Wildman–Crippen LogP) is 1.82. The molecule has 0 spiro atoms. The topological polar surface area (TPSA) is 45.2 Å². The van der Waals surface area contributed by atoms with E-state index in [1.54, 1.807) is 6.20 Å². The maximum Gasteiger partial charge on any atom is 0.317 e. The SMILES string of the molecule is O=C(NCCc1cccnc1)N1CCCCC1. The van der Waals surface area contributed by atoms with Gasteiger partial charge in [-0.15, -0.1) is 0 Å². The van der Waals surface area contributed by atoms with Gasteiger partial charge in [-0.1, -0.05) is 6.07 Å². The first-order valence-electron chi connectivity index (χ1n) is 6.28. The molecule has 4 heteroatoms. The highest BCUT2D eigenvalue weighted by Crippen LogP contribution is 2.08. The summed E-state index contributed by atoms with van der Waals surface area (Å²) in [5.74, 6) is 0. The maximum atomic E-state index is 11.8. The van der Waals surface area contributed by atoms with E-state index in [0.29, 0.717) is 6.54 Å². The van der Waals surface area contributed by atoms with Crippen LogP contribution in [-0.4, -0.2) is 35.5 Å². The van der Waals surface area contributed by atoms with Gasteiger partial charge in [-0.2, -0.15) is 0 Å². The van der Waals surface area contributed by atoms with Crippen molar-refractivity contribution in [2.45, 2.75) is 25.7 Å². The second-order valence-electron chi connectivity index (χ2n) is 4.39. The number of amides is 2. The molecular weight excluding hydrogens is 214 g/mol. The van der Waals surface area contributed by atoms with E-state index in [-0.39, 0.29) is 6.03 Å². The fraction of sp³-hybridized carbons (Fsp3) is 0.538. The van der Waals surface area contributed by atoms with Gasteiger partial charge in [0.1, 0.15) is 0 Å². The fourth-order valence-electron chi connectivity index (χ4n) is 2.07. The molecule has 4 nitrogen and oxygen atoms in total. The Hall–Kier alpha value is -1.58. The van der Waals surface area contributed by atoms with E-state index in [4.69, 9.17) is 0 Å². The van der Waals surface area contributed by atoms with Crippen LogP contribution in [-0.2, 0) is 6.42 Å². The lowest BCUT2D eigenvalue weighted by Gasteiger charge is -2.26. The Morgan fingerprint density at radius 2 is 2.18 bits per heavy atom. The number of piperidine rings is 1. The van der Waals surface area contributed by atoms with E-state index in [0.717, 1.165) is 37.9 Å². The lowest BCUT2D eigenvalue weighted by Crippen LogP contribution is -2.43. The molecule has 0 saturated carbocycles. The number of hydrogen-bond donors (Lipinski definition) is 1. The van der Waals surface area contributed by atoms with Crippen molar-refractivity contribution >= 4 is 6.03 Å². The van der Waals surface area contributed by atoms with Crippen LogP contribution < -0.4 is 5.32 Å². The normalized spacial score (nSPS) is 15.6. The zero-order valence-corrected chi connectivity index (χ0v) is 10.1. The van der Waals surface area contributed by atoms with Gasteiger partial charge in [-0.25, -0.2) is 4.79 Å². The number of nitrogens with zero attached hydrogens (tertiary/aromatic N) is 2. The summed E-state index contributed by atoms with van der Waals surface area (Å²) in [5.41, 5.74) is 1.16. The van der Waals surface area contributed by atoms with Crippen LogP contribution in [0, 0.1) is 0 Å². The minimum absolute atomic E-state index is 0.0774. The summed E-state index contributed by atoms with van der Waals surface area (Å²) in [5, 5.41) is 2.96. The van der Waals surface area contributed by atoms with Crippen LogP contribution in [0.5, 0.6) is 0 Å². The Labute approximate surface area is 102 Å². The highest BCUT2D eigenvalue weighted by Gasteiger charge is 2.15. The molecule has 1 N–H and O–H groups in total. The summed E-state index contributed by atoms with van der Waals surface area (Å²) < 4.78 is 0. The van der Waals surface area contributed by atoms with E-state index in [1.165, 1.54) is 6.42 Å². The van der Waals surface area contributed by atoms with Gasteiger partial charge in [-0.05, 0) is 37.3 Å². The number of pyridine rings is 1. The molecule has 2 amide bonds. The number of urea groups is 1. The molecule has 1 aliphatic heterocycles. The summed E-state index contributed by atoms with van der Waals surface area (Å²) in [6.07, 6.45) is 7.96. The standard InChI is InChI=1S/C13H19N3O/c17-13(16-9-2-1-3-10-16)15-8-6-12-5-4-7-14-11-12/h4-5,7,11H,1-3,6,8-10H2,(H,15,17). The number of carbonyl (C=O) groups is 1. The first-order chi connectivity index (χ1) is 8.36. The third-order valence-corrected chi connectivity index (χ3v) is 3.06. The monoisotopic (exact) mass is 233 g/mol. The number of carbonyl (C=O) groups excluding carboxylic acids is 1. The molecule has 1 saturated heterocycles. The molecule has 1 aliphatic rings. The number of nitrogens with one attached hydrogen (secondary N) is 1. The van der Waals surface area contributed by atoms with Crippen LogP contribution in [0.1, 0.15) is 24.8 Å². The summed E-state index contributed by atoms with van der Waals surface area (Å²) >= 11 is 0. The molecule has 0 atom stereocenters. The first-order valence-corrected chi connectivity index (χ1v) is 6.28. The van der Waals surface area contributed by atoms with Crippen molar-refractivity contribution in [3.05, 3.63) is 30.1 Å². The van der Waals surface area contributed by atoms with Crippen molar-refractivity contribution in [1.29, 1.82) is 0 Å². The van der Waals surface area contributed by atoms with Crippen molar-refractivity contribution in [3.63, 3.8) is 0 Å². The van der Waals surface area contributed by atoms with Crippen LogP contribution in [0.2, 0.25) is 0 Å². The largest absolute Gasteiger partial charge is 0.338 e. The van der Waals surface area contributed by atoms with Gasteiger partial charge in [0.2, 0.25) is 0 Å². The Morgan fingerprint density at radius 3 is 2.88 bits per heavy atom. The Kier molecular flexibility index (Phi) is 4.36. The minimum Gasteiger partial charge on any atom is -0.338 e. The van der Waals surface area contributed by atoms with Crippen molar-refractivity contribution in [2.24, 2.45) is 0 Å². The number of hydrogen-bond acceptors (Lipinski definition) is 2. The van der Waals surface area contributed by atoms with Crippen LogP contribution >= 0.6 is 0 Å². The Balaban J connectivity index is 1.69. The van der Waals surface area contributed by atoms with Crippen LogP contribution in [0.15, 0.2) is 24.5 Å². The average molecular weight is 233 g/mol. The van der Waals surface area contributed by atoms with Gasteiger partial charge in [0.25, 0.3) is 0 Å². The third kappa shape index (κ3) is 3.73. The smallest absolute Gasteiger partial charge is 0.317 e. The number of likely N-dealkylation sites (tertiary alicyclic amines) is 1. The maximum absolute atomic E-state index is 11.8. The highest BCUT2D eigenvalue weighted by atomic mass is 16.2. The van der Waals surface area contributed by atoms with Crippen LogP contribution in [0.25, 0.3) is 0 Å². The molecule has 0 radical (unpaired) electrons. The molecule has 0 unspecified atom stereocenters. The van der Waals surface area contributed by atoms with Crippen molar-refractivity contribution < 1.29 is 4.79 Å². The fourth-order valence-corrected chi connectivity index (χ4v) is 2.07. The highest BCUT2D eigenvalue weighted by molar-refractivity contribution is 5.74. The zero-order valence-electron chi connectivity index (χ0n) is 10.1. The molecular formula is C13H19N3O. The molecule has 0 bridgehead atoms. The second-order valence-corrected chi connectivity index (χ2v) is 4.39. The van der Waals surface area contributed by atoms with E-state index in [1.807, 2.05) is 23.2 Å². The average Bonchev–Trinajstić information content (AvgIpc) is 2.41. The van der Waals surface area contributed by atoms with Gasteiger partial charge in [0, 0.05) is 32.0 Å². The molecule has 0 aliphatic carbocycles. The van der Waals surface area contributed by atoms with Gasteiger partial charge < -0.3 is 10.2 Å². The molecule has 1 fully saturated rings. The van der Waals surface area contributed by atoms with E-state index in [2.05, 4.69) is 10.3 Å². The molecule has 1 aromatic rings. The second kappa shape index (κ2) is 6.23. The lowest BCUT2D eigenvalue weighted by atomic mass is 10.1.